The lowest BCUT2D eigenvalue weighted by Gasteiger charge is -2.50. The van der Waals surface area contributed by atoms with Gasteiger partial charge in [0.15, 0.2) is 5.13 Å². The molecule has 0 unspecified atom stereocenters. The number of fused-ring (bicyclic) bond motifs is 1. The van der Waals surface area contributed by atoms with Crippen molar-refractivity contribution in [2.45, 2.75) is 30.5 Å². The van der Waals surface area contributed by atoms with Crippen molar-refractivity contribution in [2.75, 3.05) is 12.3 Å². The quantitative estimate of drug-likeness (QED) is 0.0893. The number of nitrogens with zero attached hydrogens (tertiary/aromatic N) is 4. The number of aliphatic hydroxyl groups is 1. The Morgan fingerprint density at radius 3 is 2.02 bits per heavy atom. The number of amides is 2. The second-order valence-corrected chi connectivity index (χ2v) is 11.2. The van der Waals surface area contributed by atoms with Gasteiger partial charge in [0.1, 0.15) is 11.7 Å². The molecule has 0 saturated carbocycles. The van der Waals surface area contributed by atoms with E-state index < -0.39 is 42.1 Å². The maximum absolute atomic E-state index is 13.9. The van der Waals surface area contributed by atoms with E-state index in [4.69, 9.17) is 10.6 Å². The Hall–Kier alpha value is -5.40. The first-order valence-corrected chi connectivity index (χ1v) is 14.8. The zero-order valence-electron chi connectivity index (χ0n) is 23.7. The van der Waals surface area contributed by atoms with E-state index in [-0.39, 0.29) is 34.4 Å². The summed E-state index contributed by atoms with van der Waals surface area (Å²) in [7, 11) is 0. The number of rotatable bonds is 10. The Balaban J connectivity index is 1.40. The lowest BCUT2D eigenvalue weighted by atomic mass is 9.80. The number of anilines is 1. The molecular formula is C32H28N6O6S. The standard InChI is InChI=1S/C32H28N6O6S/c33-31-35-27(37-45-31)25(28(40)34-24-23-17-16-19(18-39)26(30(42)43)38(23)29(24)41)36-44-32(20-10-4-1-5-11-20,21-12-6-2-7-13-21)22-14-8-3-9-15-22/h1-15,23-24,39H,16-18H2,(H,34,40)(H,42,43)(H2,33,35,37)/b36-25+/t23-,24+/m1/s1. The van der Waals surface area contributed by atoms with Gasteiger partial charge in [0.05, 0.1) is 12.6 Å². The van der Waals surface area contributed by atoms with Crippen LogP contribution in [-0.2, 0) is 24.8 Å². The number of nitrogens with two attached hydrogens (primary N) is 1. The summed E-state index contributed by atoms with van der Waals surface area (Å²) in [5.74, 6) is -2.84. The van der Waals surface area contributed by atoms with Crippen LogP contribution in [0.2, 0.25) is 0 Å². The Bertz CT molecular complexity index is 1700. The Kier molecular flexibility index (Phi) is 8.11. The molecule has 2 amide bonds. The molecule has 0 radical (unpaired) electrons. The third kappa shape index (κ3) is 5.32. The highest BCUT2D eigenvalue weighted by Gasteiger charge is 2.53. The molecule has 0 bridgehead atoms. The number of aliphatic carboxylic acids is 1. The molecule has 2 aliphatic rings. The van der Waals surface area contributed by atoms with E-state index in [0.717, 1.165) is 33.1 Å². The minimum Gasteiger partial charge on any atom is -0.477 e. The van der Waals surface area contributed by atoms with Crippen molar-refractivity contribution in [3.8, 4) is 0 Å². The summed E-state index contributed by atoms with van der Waals surface area (Å²) in [4.78, 5) is 50.7. The molecule has 2 aliphatic heterocycles. The van der Waals surface area contributed by atoms with Crippen LogP contribution in [-0.4, -0.2) is 66.7 Å². The first-order chi connectivity index (χ1) is 21.8. The van der Waals surface area contributed by atoms with Gasteiger partial charge in [0, 0.05) is 28.2 Å². The van der Waals surface area contributed by atoms with Crippen LogP contribution in [0, 0.1) is 0 Å². The number of carbonyl (C=O) groups is 3. The molecule has 2 atom stereocenters. The van der Waals surface area contributed by atoms with Crippen molar-refractivity contribution in [1.29, 1.82) is 0 Å². The van der Waals surface area contributed by atoms with Crippen molar-refractivity contribution in [3.63, 3.8) is 0 Å². The second-order valence-electron chi connectivity index (χ2n) is 10.4. The second kappa shape index (κ2) is 12.3. The van der Waals surface area contributed by atoms with Crippen molar-refractivity contribution in [1.82, 2.24) is 19.6 Å². The lowest BCUT2D eigenvalue weighted by molar-refractivity contribution is -0.155. The molecule has 3 aromatic carbocycles. The molecule has 3 heterocycles. The molecule has 228 valence electrons. The molecule has 6 rings (SSSR count). The van der Waals surface area contributed by atoms with E-state index in [9.17, 15) is 24.6 Å². The van der Waals surface area contributed by atoms with Crippen LogP contribution >= 0.6 is 11.5 Å². The highest BCUT2D eigenvalue weighted by Crippen LogP contribution is 2.41. The zero-order chi connectivity index (χ0) is 31.6. The number of benzene rings is 3. The summed E-state index contributed by atoms with van der Waals surface area (Å²) < 4.78 is 4.19. The summed E-state index contributed by atoms with van der Waals surface area (Å²) in [6, 6.07) is 26.6. The molecule has 0 spiro atoms. The zero-order valence-corrected chi connectivity index (χ0v) is 24.6. The van der Waals surface area contributed by atoms with Gasteiger partial charge in [-0.15, -0.1) is 0 Å². The van der Waals surface area contributed by atoms with Gasteiger partial charge in [0.2, 0.25) is 17.1 Å². The van der Waals surface area contributed by atoms with Gasteiger partial charge < -0.3 is 26.1 Å². The number of hydrogen-bond acceptors (Lipinski definition) is 10. The fourth-order valence-electron chi connectivity index (χ4n) is 5.81. The Morgan fingerprint density at radius 1 is 1.00 bits per heavy atom. The van der Waals surface area contributed by atoms with Crippen LogP contribution < -0.4 is 11.1 Å². The van der Waals surface area contributed by atoms with Crippen LogP contribution in [0.1, 0.15) is 35.4 Å². The van der Waals surface area contributed by atoms with Gasteiger partial charge in [-0.3, -0.25) is 14.5 Å². The Labute approximate surface area is 261 Å². The molecule has 4 aromatic rings. The average molecular weight is 625 g/mol. The fourth-order valence-corrected chi connectivity index (χ4v) is 6.24. The van der Waals surface area contributed by atoms with Crippen molar-refractivity contribution >= 4 is 40.2 Å². The maximum atomic E-state index is 13.9. The number of aromatic nitrogens is 2. The molecule has 0 aliphatic carbocycles. The number of nitrogens with one attached hydrogen (secondary N) is 1. The van der Waals surface area contributed by atoms with Gasteiger partial charge in [-0.05, 0) is 18.4 Å². The highest BCUT2D eigenvalue weighted by molar-refractivity contribution is 7.09. The summed E-state index contributed by atoms with van der Waals surface area (Å²) >= 11 is 0.866. The third-order valence-electron chi connectivity index (χ3n) is 7.90. The van der Waals surface area contributed by atoms with Gasteiger partial charge in [-0.1, -0.05) is 96.2 Å². The number of carbonyl (C=O) groups excluding carboxylic acids is 2. The number of β-lactam (4-membered cyclic amide) rings is 1. The number of carboxylic acid groups (broad SMARTS) is 1. The third-order valence-corrected chi connectivity index (χ3v) is 8.44. The first-order valence-electron chi connectivity index (χ1n) is 14.1. The number of hydrogen-bond donors (Lipinski definition) is 4. The summed E-state index contributed by atoms with van der Waals surface area (Å²) in [6.07, 6.45) is 0.619. The van der Waals surface area contributed by atoms with Gasteiger partial charge in [-0.2, -0.15) is 9.36 Å². The SMILES string of the molecule is Nc1nc(/C(=N\OC(c2ccccc2)(c2ccccc2)c2ccccc2)C(=O)N[C@@H]2C(=O)N3C(C(=O)O)=C(CO)CC[C@H]23)ns1. The molecule has 1 fully saturated rings. The molecular weight excluding hydrogens is 596 g/mol. The van der Waals surface area contributed by atoms with Crippen LogP contribution in [0.4, 0.5) is 5.13 Å². The largest absolute Gasteiger partial charge is 0.477 e. The van der Waals surface area contributed by atoms with Crippen molar-refractivity contribution < 1.29 is 29.4 Å². The molecule has 5 N–H and O–H groups in total. The fraction of sp³-hybridized carbons (Fsp3) is 0.188. The number of nitrogen functional groups attached to an aromatic ring is 1. The average Bonchev–Trinajstić information content (AvgIpc) is 3.51. The molecule has 1 aromatic heterocycles. The minimum atomic E-state index is -1.32. The van der Waals surface area contributed by atoms with Crippen LogP contribution in [0.25, 0.3) is 0 Å². The monoisotopic (exact) mass is 624 g/mol. The molecule has 45 heavy (non-hydrogen) atoms. The van der Waals surface area contributed by atoms with Crippen LogP contribution in [0.3, 0.4) is 0 Å². The maximum Gasteiger partial charge on any atom is 0.352 e. The number of carboxylic acids is 1. The van der Waals surface area contributed by atoms with Crippen molar-refractivity contribution in [3.05, 3.63) is 125 Å². The van der Waals surface area contributed by atoms with E-state index in [0.29, 0.717) is 6.42 Å². The number of aliphatic hydroxyl groups excluding tert-OH is 1. The van der Waals surface area contributed by atoms with Gasteiger partial charge in [-0.25, -0.2) is 4.79 Å². The van der Waals surface area contributed by atoms with Crippen LogP contribution in [0.5, 0.6) is 0 Å². The van der Waals surface area contributed by atoms with Crippen molar-refractivity contribution in [2.24, 2.45) is 5.16 Å². The van der Waals surface area contributed by atoms with E-state index in [1.165, 1.54) is 0 Å². The van der Waals surface area contributed by atoms with E-state index >= 15 is 0 Å². The highest BCUT2D eigenvalue weighted by atomic mass is 32.1. The van der Waals surface area contributed by atoms with E-state index in [1.807, 2.05) is 91.0 Å². The smallest absolute Gasteiger partial charge is 0.352 e. The van der Waals surface area contributed by atoms with Crippen LogP contribution in [0.15, 0.2) is 107 Å². The van der Waals surface area contributed by atoms with Gasteiger partial charge >= 0.3 is 5.97 Å². The Morgan fingerprint density at radius 2 is 1.56 bits per heavy atom. The first kappa shape index (κ1) is 29.7. The predicted molar refractivity (Wildman–Crippen MR) is 165 cm³/mol. The minimum absolute atomic E-state index is 0.0943. The summed E-state index contributed by atoms with van der Waals surface area (Å²) in [6.45, 7) is -0.480. The summed E-state index contributed by atoms with van der Waals surface area (Å²) in [5, 5.41) is 26.5. The van der Waals surface area contributed by atoms with Gasteiger partial charge in [0.25, 0.3) is 11.8 Å². The molecule has 12 nitrogen and oxygen atoms in total. The number of oxime groups is 1. The molecule has 1 saturated heterocycles. The lowest BCUT2D eigenvalue weighted by Crippen LogP contribution is -2.72. The normalized spacial score (nSPS) is 18.2. The predicted octanol–water partition coefficient (Wildman–Crippen LogP) is 2.65. The van der Waals surface area contributed by atoms with E-state index in [2.05, 4.69) is 19.8 Å². The molecule has 13 heteroatoms. The summed E-state index contributed by atoms with van der Waals surface area (Å²) in [5.41, 5.74) is 6.43. The topological polar surface area (TPSA) is 180 Å². The van der Waals surface area contributed by atoms with E-state index in [1.54, 1.807) is 0 Å².